The molecule has 0 radical (unpaired) electrons. The van der Waals surface area contributed by atoms with E-state index in [4.69, 9.17) is 4.43 Å². The van der Waals surface area contributed by atoms with Gasteiger partial charge in [0, 0.05) is 7.11 Å². The predicted octanol–water partition coefficient (Wildman–Crippen LogP) is 3.48. The lowest BCUT2D eigenvalue weighted by Gasteiger charge is -2.31. The Bertz CT molecular complexity index is 738. The van der Waals surface area contributed by atoms with Crippen LogP contribution >= 0.6 is 0 Å². The third-order valence-electron chi connectivity index (χ3n) is 4.40. The van der Waals surface area contributed by atoms with Gasteiger partial charge in [-0.3, -0.25) is 0 Å². The highest BCUT2D eigenvalue weighted by molar-refractivity contribution is 6.97. The summed E-state index contributed by atoms with van der Waals surface area (Å²) < 4.78 is 6.29. The van der Waals surface area contributed by atoms with E-state index in [0.29, 0.717) is 0 Å². The normalized spacial score (nSPS) is 13.5. The summed E-state index contributed by atoms with van der Waals surface area (Å²) in [5.41, 5.74) is 2.60. The summed E-state index contributed by atoms with van der Waals surface area (Å²) in [7, 11) is -0.422. The number of hydrogen-bond acceptors (Lipinski definition) is 1. The molecule has 3 rings (SSSR count). The molecule has 0 bridgehead atoms. The van der Waals surface area contributed by atoms with Crippen LogP contribution in [0.4, 0.5) is 0 Å². The largest absolute Gasteiger partial charge is 0.411 e. The molecule has 0 fully saturated rings. The van der Waals surface area contributed by atoms with E-state index in [9.17, 15) is 0 Å². The minimum Gasteiger partial charge on any atom is -0.411 e. The summed E-state index contributed by atoms with van der Waals surface area (Å²) in [6.45, 7) is 2.12. The van der Waals surface area contributed by atoms with Crippen molar-refractivity contribution in [2.75, 3.05) is 7.11 Å². The molecule has 0 aliphatic carbocycles. The standard InChI is InChI=1S/C21H22OSi/c1-18-13-15-21(16-14-18)23(22-2,20-11-7-4-8-12-20)17-19-9-5-3-6-10-19/h3-16H,17H2,1-2H3. The second-order valence-electron chi connectivity index (χ2n) is 5.93. The molecule has 0 saturated heterocycles. The van der Waals surface area contributed by atoms with Gasteiger partial charge in [-0.15, -0.1) is 0 Å². The van der Waals surface area contributed by atoms with Gasteiger partial charge >= 0.3 is 0 Å². The summed E-state index contributed by atoms with van der Waals surface area (Å²) >= 11 is 0. The minimum atomic E-state index is -2.29. The molecule has 0 heterocycles. The van der Waals surface area contributed by atoms with Crippen LogP contribution < -0.4 is 10.4 Å². The van der Waals surface area contributed by atoms with Crippen LogP contribution in [0, 0.1) is 6.92 Å². The number of hydrogen-bond donors (Lipinski definition) is 0. The predicted molar refractivity (Wildman–Crippen MR) is 99.8 cm³/mol. The van der Waals surface area contributed by atoms with Gasteiger partial charge in [0.1, 0.15) is 0 Å². The van der Waals surface area contributed by atoms with Crippen molar-refractivity contribution in [1.82, 2.24) is 0 Å². The van der Waals surface area contributed by atoms with E-state index in [1.807, 2.05) is 7.11 Å². The average Bonchev–Trinajstić information content (AvgIpc) is 2.62. The van der Waals surface area contributed by atoms with Crippen LogP contribution in [-0.2, 0) is 10.5 Å². The number of aryl methyl sites for hydroxylation is 1. The van der Waals surface area contributed by atoms with Gasteiger partial charge in [-0.2, -0.15) is 0 Å². The quantitative estimate of drug-likeness (QED) is 0.655. The Kier molecular flexibility index (Phi) is 4.75. The van der Waals surface area contributed by atoms with Crippen LogP contribution in [0.2, 0.25) is 0 Å². The molecule has 1 atom stereocenters. The van der Waals surface area contributed by atoms with E-state index in [-0.39, 0.29) is 0 Å². The third kappa shape index (κ3) is 3.28. The summed E-state index contributed by atoms with van der Waals surface area (Å²) in [5, 5.41) is 2.64. The Morgan fingerprint density at radius 2 is 1.22 bits per heavy atom. The molecule has 0 aliphatic rings. The van der Waals surface area contributed by atoms with Crippen LogP contribution in [0.3, 0.4) is 0 Å². The molecule has 1 unspecified atom stereocenters. The van der Waals surface area contributed by atoms with E-state index < -0.39 is 8.32 Å². The number of rotatable bonds is 5. The molecule has 0 aromatic heterocycles. The van der Waals surface area contributed by atoms with E-state index in [0.717, 1.165) is 6.04 Å². The van der Waals surface area contributed by atoms with Gasteiger partial charge in [0.25, 0.3) is 8.32 Å². The highest BCUT2D eigenvalue weighted by atomic mass is 28.4. The fourth-order valence-electron chi connectivity index (χ4n) is 3.09. The Morgan fingerprint density at radius 3 is 1.78 bits per heavy atom. The van der Waals surface area contributed by atoms with Crippen molar-refractivity contribution in [3.63, 3.8) is 0 Å². The molecule has 116 valence electrons. The molecule has 0 saturated carbocycles. The third-order valence-corrected chi connectivity index (χ3v) is 8.54. The second-order valence-corrected chi connectivity index (χ2v) is 9.50. The summed E-state index contributed by atoms with van der Waals surface area (Å²) in [6.07, 6.45) is 0. The first-order valence-electron chi connectivity index (χ1n) is 7.96. The highest BCUT2D eigenvalue weighted by Crippen LogP contribution is 2.15. The van der Waals surface area contributed by atoms with Gasteiger partial charge in [-0.1, -0.05) is 90.5 Å². The molecule has 1 nitrogen and oxygen atoms in total. The van der Waals surface area contributed by atoms with Crippen molar-refractivity contribution >= 4 is 18.7 Å². The number of benzene rings is 3. The Labute approximate surface area is 139 Å². The lowest BCUT2D eigenvalue weighted by Crippen LogP contribution is -2.62. The smallest absolute Gasteiger partial charge is 0.259 e. The van der Waals surface area contributed by atoms with Crippen molar-refractivity contribution in [2.24, 2.45) is 0 Å². The van der Waals surface area contributed by atoms with Gasteiger partial charge in [-0.05, 0) is 28.9 Å². The fraction of sp³-hybridized carbons (Fsp3) is 0.143. The van der Waals surface area contributed by atoms with Crippen LogP contribution in [0.5, 0.6) is 0 Å². The Balaban J connectivity index is 2.13. The molecular formula is C21H22OSi. The average molecular weight is 318 g/mol. The lowest BCUT2D eigenvalue weighted by molar-refractivity contribution is 0.414. The van der Waals surface area contributed by atoms with E-state index >= 15 is 0 Å². The van der Waals surface area contributed by atoms with Crippen molar-refractivity contribution in [3.8, 4) is 0 Å². The topological polar surface area (TPSA) is 9.23 Å². The van der Waals surface area contributed by atoms with Gasteiger partial charge in [0.2, 0.25) is 0 Å². The van der Waals surface area contributed by atoms with E-state index in [1.165, 1.54) is 21.5 Å². The maximum atomic E-state index is 6.29. The minimum absolute atomic E-state index is 0.942. The monoisotopic (exact) mass is 318 g/mol. The van der Waals surface area contributed by atoms with Crippen LogP contribution in [0.15, 0.2) is 84.9 Å². The highest BCUT2D eigenvalue weighted by Gasteiger charge is 2.38. The van der Waals surface area contributed by atoms with E-state index in [2.05, 4.69) is 91.9 Å². The summed E-state index contributed by atoms with van der Waals surface area (Å²) in [4.78, 5) is 0. The Morgan fingerprint density at radius 1 is 0.696 bits per heavy atom. The molecule has 2 heteroatoms. The second kappa shape index (κ2) is 6.94. The van der Waals surface area contributed by atoms with Crippen LogP contribution in [-0.4, -0.2) is 15.4 Å². The van der Waals surface area contributed by atoms with Gasteiger partial charge in [-0.25, -0.2) is 0 Å². The maximum Gasteiger partial charge on any atom is 0.259 e. The fourth-order valence-corrected chi connectivity index (χ4v) is 6.70. The molecule has 23 heavy (non-hydrogen) atoms. The SMILES string of the molecule is CO[Si](Cc1ccccc1)(c1ccccc1)c1ccc(C)cc1. The molecule has 0 N–H and O–H groups in total. The molecule has 0 spiro atoms. The molecule has 3 aromatic rings. The zero-order valence-electron chi connectivity index (χ0n) is 13.7. The first kappa shape index (κ1) is 15.7. The maximum absolute atomic E-state index is 6.29. The van der Waals surface area contributed by atoms with E-state index in [1.54, 1.807) is 0 Å². The van der Waals surface area contributed by atoms with Crippen molar-refractivity contribution < 1.29 is 4.43 Å². The molecular weight excluding hydrogens is 296 g/mol. The van der Waals surface area contributed by atoms with Crippen molar-refractivity contribution in [3.05, 3.63) is 96.1 Å². The van der Waals surface area contributed by atoms with Gasteiger partial charge in [0.15, 0.2) is 0 Å². The first-order chi connectivity index (χ1) is 11.2. The summed E-state index contributed by atoms with van der Waals surface area (Å²) in [5.74, 6) is 0. The van der Waals surface area contributed by atoms with Crippen LogP contribution in [0.1, 0.15) is 11.1 Å². The lowest BCUT2D eigenvalue weighted by atomic mass is 10.2. The van der Waals surface area contributed by atoms with Gasteiger partial charge < -0.3 is 4.43 Å². The van der Waals surface area contributed by atoms with Crippen LogP contribution in [0.25, 0.3) is 0 Å². The zero-order chi connectivity index (χ0) is 16.1. The Hall–Kier alpha value is -2.16. The first-order valence-corrected chi connectivity index (χ1v) is 10.1. The molecule has 0 amide bonds. The summed E-state index contributed by atoms with van der Waals surface area (Å²) in [6, 6.07) is 31.1. The molecule has 3 aromatic carbocycles. The van der Waals surface area contributed by atoms with Crippen molar-refractivity contribution in [2.45, 2.75) is 13.0 Å². The van der Waals surface area contributed by atoms with Crippen molar-refractivity contribution in [1.29, 1.82) is 0 Å². The zero-order valence-corrected chi connectivity index (χ0v) is 14.7. The van der Waals surface area contributed by atoms with Gasteiger partial charge in [0.05, 0.1) is 0 Å². The molecule has 0 aliphatic heterocycles.